The first-order valence-corrected chi connectivity index (χ1v) is 6.09. The van der Waals surface area contributed by atoms with E-state index < -0.39 is 0 Å². The number of rotatable bonds is 5. The zero-order valence-corrected chi connectivity index (χ0v) is 11.3. The molecule has 0 fully saturated rings. The van der Waals surface area contributed by atoms with Crippen molar-refractivity contribution in [3.63, 3.8) is 0 Å². The fraction of sp³-hybridized carbons (Fsp3) is 0.500. The molecule has 2 atom stereocenters. The van der Waals surface area contributed by atoms with Gasteiger partial charge in [0.2, 0.25) is 0 Å². The maximum absolute atomic E-state index is 6.00. The minimum absolute atomic E-state index is 0.0900. The van der Waals surface area contributed by atoms with Crippen LogP contribution in [0.4, 0.5) is 0 Å². The number of likely N-dealkylation sites (N-methyl/N-ethyl adjacent to an activating group) is 1. The summed E-state index contributed by atoms with van der Waals surface area (Å²) in [5.74, 6) is 0. The van der Waals surface area contributed by atoms with E-state index >= 15 is 0 Å². The van der Waals surface area contributed by atoms with Crippen LogP contribution in [0.25, 0.3) is 0 Å². The highest BCUT2D eigenvalue weighted by Crippen LogP contribution is 2.27. The van der Waals surface area contributed by atoms with Gasteiger partial charge in [0.1, 0.15) is 0 Å². The van der Waals surface area contributed by atoms with Gasteiger partial charge in [-0.2, -0.15) is 0 Å². The normalized spacial score (nSPS) is 14.8. The van der Waals surface area contributed by atoms with Gasteiger partial charge in [0, 0.05) is 6.61 Å². The van der Waals surface area contributed by atoms with E-state index in [2.05, 4.69) is 5.32 Å². The Labute approximate surface area is 107 Å². The molecule has 0 aliphatic rings. The second-order valence-electron chi connectivity index (χ2n) is 3.60. The van der Waals surface area contributed by atoms with Crippen LogP contribution in [-0.4, -0.2) is 19.8 Å². The summed E-state index contributed by atoms with van der Waals surface area (Å²) in [6.07, 6.45) is 0.0900. The lowest BCUT2D eigenvalue weighted by Crippen LogP contribution is -2.29. The maximum Gasteiger partial charge on any atom is 0.0741 e. The number of halogens is 2. The van der Waals surface area contributed by atoms with Crippen molar-refractivity contribution in [3.05, 3.63) is 33.8 Å². The summed E-state index contributed by atoms with van der Waals surface area (Å²) in [6, 6.07) is 5.77. The van der Waals surface area contributed by atoms with E-state index in [1.54, 1.807) is 0 Å². The van der Waals surface area contributed by atoms with Crippen molar-refractivity contribution >= 4 is 23.2 Å². The van der Waals surface area contributed by atoms with Gasteiger partial charge in [0.25, 0.3) is 0 Å². The molecular weight excluding hydrogens is 245 g/mol. The molecule has 2 unspecified atom stereocenters. The van der Waals surface area contributed by atoms with Crippen molar-refractivity contribution < 1.29 is 4.74 Å². The molecule has 1 aromatic carbocycles. The summed E-state index contributed by atoms with van der Waals surface area (Å²) in [5, 5.41) is 4.37. The van der Waals surface area contributed by atoms with Crippen molar-refractivity contribution in [1.82, 2.24) is 5.32 Å². The molecule has 0 radical (unpaired) electrons. The summed E-state index contributed by atoms with van der Waals surface area (Å²) in [7, 11) is 1.91. The fourth-order valence-electron chi connectivity index (χ4n) is 1.74. The highest BCUT2D eigenvalue weighted by molar-refractivity contribution is 6.42. The Hall–Kier alpha value is -0.280. The Bertz CT molecular complexity index is 344. The van der Waals surface area contributed by atoms with Crippen molar-refractivity contribution in [1.29, 1.82) is 0 Å². The molecule has 0 aliphatic heterocycles. The molecule has 0 amide bonds. The van der Waals surface area contributed by atoms with Gasteiger partial charge in [-0.05, 0) is 38.6 Å². The van der Waals surface area contributed by atoms with Crippen LogP contribution in [0.5, 0.6) is 0 Å². The van der Waals surface area contributed by atoms with Crippen molar-refractivity contribution in [2.45, 2.75) is 26.0 Å². The number of ether oxygens (including phenoxy) is 1. The molecule has 4 heteroatoms. The Morgan fingerprint density at radius 3 is 2.50 bits per heavy atom. The first-order chi connectivity index (χ1) is 7.60. The van der Waals surface area contributed by atoms with Crippen LogP contribution in [-0.2, 0) is 4.74 Å². The molecule has 0 heterocycles. The molecule has 90 valence electrons. The predicted octanol–water partition coefficient (Wildman–Crippen LogP) is 3.68. The Balaban J connectivity index is 2.90. The largest absolute Gasteiger partial charge is 0.377 e. The third-order valence-electron chi connectivity index (χ3n) is 2.51. The third-order valence-corrected chi connectivity index (χ3v) is 3.25. The van der Waals surface area contributed by atoms with Crippen LogP contribution in [0.3, 0.4) is 0 Å². The van der Waals surface area contributed by atoms with Gasteiger partial charge in [-0.25, -0.2) is 0 Å². The van der Waals surface area contributed by atoms with Gasteiger partial charge < -0.3 is 10.1 Å². The maximum atomic E-state index is 6.00. The van der Waals surface area contributed by atoms with Crippen molar-refractivity contribution in [2.24, 2.45) is 0 Å². The molecule has 1 N–H and O–H groups in total. The number of benzene rings is 1. The Kier molecular flexibility index (Phi) is 5.56. The van der Waals surface area contributed by atoms with Gasteiger partial charge in [-0.1, -0.05) is 29.3 Å². The smallest absolute Gasteiger partial charge is 0.0741 e. The molecule has 0 spiro atoms. The molecule has 0 aliphatic carbocycles. The van der Waals surface area contributed by atoms with E-state index in [0.717, 1.165) is 5.56 Å². The van der Waals surface area contributed by atoms with Crippen molar-refractivity contribution in [2.75, 3.05) is 13.7 Å². The van der Waals surface area contributed by atoms with Crippen molar-refractivity contribution in [3.8, 4) is 0 Å². The van der Waals surface area contributed by atoms with E-state index in [1.807, 2.05) is 39.1 Å². The zero-order chi connectivity index (χ0) is 12.1. The molecule has 0 aromatic heterocycles. The number of hydrogen-bond acceptors (Lipinski definition) is 2. The van der Waals surface area contributed by atoms with Crippen LogP contribution >= 0.6 is 23.2 Å². The quantitative estimate of drug-likeness (QED) is 0.874. The number of nitrogens with one attached hydrogen (secondary N) is 1. The molecule has 0 saturated heterocycles. The highest BCUT2D eigenvalue weighted by atomic mass is 35.5. The minimum atomic E-state index is 0.0900. The third kappa shape index (κ3) is 3.36. The Morgan fingerprint density at radius 1 is 1.31 bits per heavy atom. The van der Waals surface area contributed by atoms with Crippen LogP contribution in [0.15, 0.2) is 18.2 Å². The van der Waals surface area contributed by atoms with E-state index in [4.69, 9.17) is 27.9 Å². The average molecular weight is 262 g/mol. The van der Waals surface area contributed by atoms with Crippen LogP contribution < -0.4 is 5.32 Å². The highest BCUT2D eigenvalue weighted by Gasteiger charge is 2.18. The van der Waals surface area contributed by atoms with Crippen LogP contribution in [0, 0.1) is 0 Å². The molecule has 1 rings (SSSR count). The molecule has 0 bridgehead atoms. The second kappa shape index (κ2) is 6.45. The SMILES string of the molecule is CCOC(C)C(NC)c1ccc(Cl)c(Cl)c1. The zero-order valence-electron chi connectivity index (χ0n) is 9.76. The molecule has 2 nitrogen and oxygen atoms in total. The summed E-state index contributed by atoms with van der Waals surface area (Å²) in [4.78, 5) is 0. The van der Waals surface area contributed by atoms with E-state index in [-0.39, 0.29) is 12.1 Å². The van der Waals surface area contributed by atoms with E-state index in [0.29, 0.717) is 16.7 Å². The fourth-order valence-corrected chi connectivity index (χ4v) is 2.04. The van der Waals surface area contributed by atoms with Gasteiger partial charge >= 0.3 is 0 Å². The van der Waals surface area contributed by atoms with E-state index in [1.165, 1.54) is 0 Å². The standard InChI is InChI=1S/C12H17Cl2NO/c1-4-16-8(2)12(15-3)9-5-6-10(13)11(14)7-9/h5-8,12,15H,4H2,1-3H3. The lowest BCUT2D eigenvalue weighted by atomic mass is 10.0. The first-order valence-electron chi connectivity index (χ1n) is 5.34. The van der Waals surface area contributed by atoms with Gasteiger partial charge in [-0.3, -0.25) is 0 Å². The summed E-state index contributed by atoms with van der Waals surface area (Å²) in [5.41, 5.74) is 1.08. The lowest BCUT2D eigenvalue weighted by Gasteiger charge is -2.24. The second-order valence-corrected chi connectivity index (χ2v) is 4.41. The van der Waals surface area contributed by atoms with E-state index in [9.17, 15) is 0 Å². The van der Waals surface area contributed by atoms with Gasteiger partial charge in [0.15, 0.2) is 0 Å². The monoisotopic (exact) mass is 261 g/mol. The van der Waals surface area contributed by atoms with Gasteiger partial charge in [0.05, 0.1) is 22.2 Å². The van der Waals surface area contributed by atoms with Gasteiger partial charge in [-0.15, -0.1) is 0 Å². The summed E-state index contributed by atoms with van der Waals surface area (Å²) in [6.45, 7) is 4.71. The molecular formula is C12H17Cl2NO. The average Bonchev–Trinajstić information content (AvgIpc) is 2.25. The topological polar surface area (TPSA) is 21.3 Å². The summed E-state index contributed by atoms with van der Waals surface area (Å²) >= 11 is 11.9. The van der Waals surface area contributed by atoms with Crippen LogP contribution in [0.2, 0.25) is 10.0 Å². The predicted molar refractivity (Wildman–Crippen MR) is 69.4 cm³/mol. The van der Waals surface area contributed by atoms with Crippen LogP contribution in [0.1, 0.15) is 25.5 Å². The molecule has 0 saturated carbocycles. The number of hydrogen-bond donors (Lipinski definition) is 1. The lowest BCUT2D eigenvalue weighted by molar-refractivity contribution is 0.0493. The minimum Gasteiger partial charge on any atom is -0.377 e. The Morgan fingerprint density at radius 2 is 2.00 bits per heavy atom. The molecule has 16 heavy (non-hydrogen) atoms. The molecule has 1 aromatic rings. The summed E-state index contributed by atoms with van der Waals surface area (Å²) < 4.78 is 5.58. The first kappa shape index (κ1) is 13.8.